The van der Waals surface area contributed by atoms with Crippen molar-refractivity contribution in [1.29, 1.82) is 0 Å². The largest absolute Gasteiger partial charge is 0.455 e. The Hall–Kier alpha value is -8.79. The van der Waals surface area contributed by atoms with Gasteiger partial charge >= 0.3 is 0 Å². The van der Waals surface area contributed by atoms with E-state index in [0.717, 1.165) is 44.5 Å². The van der Waals surface area contributed by atoms with Crippen LogP contribution in [0.15, 0.2) is 217 Å². The molecule has 15 aromatic rings. The van der Waals surface area contributed by atoms with Gasteiger partial charge in [-0.05, 0) is 141 Å². The number of hydrogen-bond donors (Lipinski definition) is 0. The molecule has 0 saturated heterocycles. The third-order valence-corrected chi connectivity index (χ3v) is 14.6. The van der Waals surface area contributed by atoms with Crippen molar-refractivity contribution in [3.8, 4) is 39.1 Å². The quantitative estimate of drug-likeness (QED) is 0.130. The molecule has 2 aromatic heterocycles. The van der Waals surface area contributed by atoms with Crippen LogP contribution in [0.1, 0.15) is 5.82 Å². The van der Waals surface area contributed by atoms with E-state index in [0.29, 0.717) is 0 Å². The third kappa shape index (κ3) is 5.03. The maximum Gasteiger partial charge on any atom is 0.143 e. The molecule has 0 amide bonds. The first-order valence-electron chi connectivity index (χ1n) is 23.1. The zero-order valence-corrected chi connectivity index (χ0v) is 36.5. The fourth-order valence-corrected chi connectivity index (χ4v) is 11.9. The van der Waals surface area contributed by atoms with E-state index in [4.69, 9.17) is 9.40 Å². The van der Waals surface area contributed by atoms with Gasteiger partial charge in [0.25, 0.3) is 0 Å². The summed E-state index contributed by atoms with van der Waals surface area (Å²) in [7, 11) is 0. The van der Waals surface area contributed by atoms with Crippen LogP contribution < -0.4 is 0 Å². The van der Waals surface area contributed by atoms with Crippen LogP contribution in [0.25, 0.3) is 147 Å². The zero-order chi connectivity index (χ0) is 43.9. The average Bonchev–Trinajstić information content (AvgIpc) is 3.94. The predicted octanol–water partition coefficient (Wildman–Crippen LogP) is 17.7. The van der Waals surface area contributed by atoms with Gasteiger partial charge in [0.1, 0.15) is 17.0 Å². The van der Waals surface area contributed by atoms with E-state index in [-0.39, 0.29) is 0 Å². The van der Waals surface area contributed by atoms with Crippen molar-refractivity contribution in [3.05, 3.63) is 218 Å². The lowest BCUT2D eigenvalue weighted by Crippen LogP contribution is -1.97. The van der Waals surface area contributed by atoms with Gasteiger partial charge in [0, 0.05) is 27.2 Å². The minimum absolute atomic E-state index is 0.902. The first-order valence-corrected chi connectivity index (χ1v) is 23.1. The lowest BCUT2D eigenvalue weighted by Gasteiger charge is -2.22. The van der Waals surface area contributed by atoms with Crippen LogP contribution in [0, 0.1) is 6.92 Å². The van der Waals surface area contributed by atoms with E-state index in [1.807, 2.05) is 0 Å². The summed E-state index contributed by atoms with van der Waals surface area (Å²) in [5, 5.41) is 19.6. The molecule has 310 valence electrons. The minimum Gasteiger partial charge on any atom is -0.455 e. The highest BCUT2D eigenvalue weighted by molar-refractivity contribution is 6.37. The van der Waals surface area contributed by atoms with Crippen LogP contribution >= 0.6 is 0 Å². The van der Waals surface area contributed by atoms with Gasteiger partial charge in [-0.1, -0.05) is 176 Å². The second-order valence-corrected chi connectivity index (χ2v) is 18.1. The molecule has 0 spiro atoms. The summed E-state index contributed by atoms with van der Waals surface area (Å²) < 4.78 is 9.12. The van der Waals surface area contributed by atoms with E-state index in [1.165, 1.54) is 109 Å². The van der Waals surface area contributed by atoms with Gasteiger partial charge in [0.05, 0.1) is 11.0 Å². The number of benzene rings is 13. The molecule has 0 fully saturated rings. The Morgan fingerprint density at radius 1 is 0.358 bits per heavy atom. The standard InChI is InChI=1S/C64H38N2O/c1-37-65-54-26-10-11-27-55(54)66(37)42-33-30-40(31-34-42)57-43-16-2-6-20-47(43)61(48-21-7-3-17-44(48)57)62-49-22-8-4-18-45(49)58(46-19-5-9-23-50(46)62)41-32-35-56-53(36-41)63-51-24-12-14-38-28-29-39-15-13-25-52(64(63)67-56)60(39)59(38)51/h2-36H,1H3. The SMILES string of the molecule is Cc1nc2ccccc2n1-c1ccc(-c2c3ccccc3c(-c3c4ccccc4c(-c4ccc5oc6c7cccc8ccc9cccc(c6c5c4)c9c87)c4ccccc34)c3ccccc23)cc1. The first kappa shape index (κ1) is 36.5. The van der Waals surface area contributed by atoms with Crippen molar-refractivity contribution < 1.29 is 4.42 Å². The highest BCUT2D eigenvalue weighted by Crippen LogP contribution is 2.51. The van der Waals surface area contributed by atoms with Crippen LogP contribution in [0.4, 0.5) is 0 Å². The molecule has 0 aliphatic heterocycles. The molecule has 13 aromatic carbocycles. The number of furan rings is 1. The smallest absolute Gasteiger partial charge is 0.143 e. The number of para-hydroxylation sites is 2. The fraction of sp³-hybridized carbons (Fsp3) is 0.0156. The first-order chi connectivity index (χ1) is 33.2. The molecule has 0 aliphatic rings. The molecule has 2 heterocycles. The number of nitrogens with zero attached hydrogens (tertiary/aromatic N) is 2. The van der Waals surface area contributed by atoms with Crippen molar-refractivity contribution in [2.45, 2.75) is 6.92 Å². The van der Waals surface area contributed by atoms with Crippen LogP contribution in [-0.4, -0.2) is 9.55 Å². The molecule has 0 atom stereocenters. The van der Waals surface area contributed by atoms with E-state index in [9.17, 15) is 0 Å². The van der Waals surface area contributed by atoms with Gasteiger partial charge in [-0.3, -0.25) is 4.57 Å². The van der Waals surface area contributed by atoms with E-state index >= 15 is 0 Å². The normalized spacial score (nSPS) is 12.3. The van der Waals surface area contributed by atoms with E-state index < -0.39 is 0 Å². The summed E-state index contributed by atoms with van der Waals surface area (Å²) in [5.74, 6) is 0.975. The maximum absolute atomic E-state index is 6.87. The monoisotopic (exact) mass is 850 g/mol. The lowest BCUT2D eigenvalue weighted by molar-refractivity contribution is 0.673. The molecule has 0 bridgehead atoms. The molecular formula is C64H38N2O. The number of imidazole rings is 1. The molecule has 0 unspecified atom stereocenters. The van der Waals surface area contributed by atoms with Crippen LogP contribution in [0.3, 0.4) is 0 Å². The fourth-order valence-electron chi connectivity index (χ4n) is 11.9. The predicted molar refractivity (Wildman–Crippen MR) is 283 cm³/mol. The number of hydrogen-bond acceptors (Lipinski definition) is 2. The Morgan fingerprint density at radius 2 is 0.821 bits per heavy atom. The van der Waals surface area contributed by atoms with E-state index in [2.05, 4.69) is 224 Å². The second-order valence-electron chi connectivity index (χ2n) is 18.1. The molecule has 3 heteroatoms. The van der Waals surface area contributed by atoms with Gasteiger partial charge in [-0.15, -0.1) is 0 Å². The van der Waals surface area contributed by atoms with Crippen LogP contribution in [0.2, 0.25) is 0 Å². The summed E-state index contributed by atoms with van der Waals surface area (Å²) in [6.07, 6.45) is 0. The molecule has 0 radical (unpaired) electrons. The van der Waals surface area contributed by atoms with Crippen molar-refractivity contribution in [3.63, 3.8) is 0 Å². The van der Waals surface area contributed by atoms with Crippen molar-refractivity contribution in [2.24, 2.45) is 0 Å². The molecule has 0 N–H and O–H groups in total. The third-order valence-electron chi connectivity index (χ3n) is 14.6. The Morgan fingerprint density at radius 3 is 1.40 bits per heavy atom. The van der Waals surface area contributed by atoms with Gasteiger partial charge in [-0.2, -0.15) is 0 Å². The number of aromatic nitrogens is 2. The highest BCUT2D eigenvalue weighted by Gasteiger charge is 2.24. The molecular weight excluding hydrogens is 813 g/mol. The Balaban J connectivity index is 0.982. The summed E-state index contributed by atoms with van der Waals surface area (Å²) >= 11 is 0. The van der Waals surface area contributed by atoms with Crippen LogP contribution in [0.5, 0.6) is 0 Å². The summed E-state index contributed by atoms with van der Waals surface area (Å²) in [6.45, 7) is 2.08. The number of aryl methyl sites for hydroxylation is 1. The number of rotatable bonds is 4. The molecule has 3 nitrogen and oxygen atoms in total. The van der Waals surface area contributed by atoms with Gasteiger partial charge < -0.3 is 4.42 Å². The van der Waals surface area contributed by atoms with Crippen molar-refractivity contribution in [2.75, 3.05) is 0 Å². The minimum atomic E-state index is 0.902. The highest BCUT2D eigenvalue weighted by atomic mass is 16.3. The Bertz CT molecular complexity index is 4460. The zero-order valence-electron chi connectivity index (χ0n) is 36.5. The Labute approximate surface area is 384 Å². The molecule has 0 saturated carbocycles. The number of fused-ring (bicyclic) bond motifs is 10. The summed E-state index contributed by atoms with van der Waals surface area (Å²) in [5.41, 5.74) is 12.4. The Kier molecular flexibility index (Phi) is 7.43. The summed E-state index contributed by atoms with van der Waals surface area (Å²) in [6, 6.07) is 78.1. The molecule has 67 heavy (non-hydrogen) atoms. The van der Waals surface area contributed by atoms with E-state index in [1.54, 1.807) is 0 Å². The van der Waals surface area contributed by atoms with Crippen molar-refractivity contribution >= 4 is 108 Å². The summed E-state index contributed by atoms with van der Waals surface area (Å²) in [4.78, 5) is 4.86. The van der Waals surface area contributed by atoms with Gasteiger partial charge in [0.15, 0.2) is 0 Å². The maximum atomic E-state index is 6.87. The van der Waals surface area contributed by atoms with Gasteiger partial charge in [0.2, 0.25) is 0 Å². The van der Waals surface area contributed by atoms with Gasteiger partial charge in [-0.25, -0.2) is 4.98 Å². The molecule has 15 rings (SSSR count). The van der Waals surface area contributed by atoms with Crippen LogP contribution in [-0.2, 0) is 0 Å². The lowest BCUT2D eigenvalue weighted by atomic mass is 9.81. The molecule has 0 aliphatic carbocycles. The van der Waals surface area contributed by atoms with Crippen molar-refractivity contribution in [1.82, 2.24) is 9.55 Å². The average molecular weight is 851 g/mol. The topological polar surface area (TPSA) is 31.0 Å². The second kappa shape index (κ2) is 13.6.